The summed E-state index contributed by atoms with van der Waals surface area (Å²) in [7, 11) is 0. The molecule has 2 N–H and O–H groups in total. The molecule has 0 atom stereocenters. The average molecular weight is 299 g/mol. The van der Waals surface area contributed by atoms with Crippen LogP contribution in [0.4, 0.5) is 10.6 Å². The lowest BCUT2D eigenvalue weighted by atomic mass is 10.2. The molecule has 2 aromatic rings. The highest BCUT2D eigenvalue weighted by Gasteiger charge is 2.04. The molecule has 0 aliphatic carbocycles. The van der Waals surface area contributed by atoms with Crippen molar-refractivity contribution in [3.63, 3.8) is 0 Å². The normalized spacial score (nSPS) is 10.1. The first-order valence-corrected chi connectivity index (χ1v) is 7.31. The topological polar surface area (TPSA) is 63.2 Å². The van der Waals surface area contributed by atoms with E-state index in [4.69, 9.17) is 4.74 Å². The zero-order valence-corrected chi connectivity index (χ0v) is 12.9. The van der Waals surface area contributed by atoms with Crippen LogP contribution in [-0.4, -0.2) is 24.2 Å². The van der Waals surface area contributed by atoms with Crippen molar-refractivity contribution in [2.75, 3.05) is 18.5 Å². The second-order valence-corrected chi connectivity index (χ2v) is 5.02. The summed E-state index contributed by atoms with van der Waals surface area (Å²) in [6, 6.07) is 11.4. The number of aryl methyl sites for hydroxylation is 2. The molecule has 2 rings (SSSR count). The molecule has 5 nitrogen and oxygen atoms in total. The lowest BCUT2D eigenvalue weighted by molar-refractivity contribution is 0.250. The molecular weight excluding hydrogens is 278 g/mol. The lowest BCUT2D eigenvalue weighted by Crippen LogP contribution is -2.30. The van der Waals surface area contributed by atoms with E-state index in [0.717, 1.165) is 23.3 Å². The number of urea groups is 1. The summed E-state index contributed by atoms with van der Waals surface area (Å²) in [5.41, 5.74) is 2.04. The van der Waals surface area contributed by atoms with E-state index in [1.807, 2.05) is 50.2 Å². The number of hydrogen-bond donors (Lipinski definition) is 2. The number of amides is 2. The Hall–Kier alpha value is -2.56. The number of aromatic nitrogens is 1. The number of carbonyl (C=O) groups excluding carboxylic acids is 1. The Labute approximate surface area is 130 Å². The van der Waals surface area contributed by atoms with E-state index in [1.165, 1.54) is 0 Å². The molecule has 5 heteroatoms. The fourth-order valence-corrected chi connectivity index (χ4v) is 1.94. The third kappa shape index (κ3) is 4.77. The zero-order valence-electron chi connectivity index (χ0n) is 12.9. The number of pyridine rings is 1. The number of carbonyl (C=O) groups is 1. The van der Waals surface area contributed by atoms with E-state index in [0.29, 0.717) is 19.0 Å². The maximum atomic E-state index is 11.7. The molecule has 0 saturated heterocycles. The largest absolute Gasteiger partial charge is 0.493 e. The van der Waals surface area contributed by atoms with Gasteiger partial charge in [-0.1, -0.05) is 24.3 Å². The van der Waals surface area contributed by atoms with Crippen molar-refractivity contribution >= 4 is 11.8 Å². The minimum absolute atomic E-state index is 0.252. The van der Waals surface area contributed by atoms with Gasteiger partial charge in [0.1, 0.15) is 11.6 Å². The predicted molar refractivity (Wildman–Crippen MR) is 87.3 cm³/mol. The molecule has 1 aromatic carbocycles. The van der Waals surface area contributed by atoms with Crippen LogP contribution in [0.15, 0.2) is 42.6 Å². The van der Waals surface area contributed by atoms with E-state index in [2.05, 4.69) is 15.6 Å². The average Bonchev–Trinajstić information content (AvgIpc) is 2.51. The zero-order chi connectivity index (χ0) is 15.8. The number of anilines is 1. The van der Waals surface area contributed by atoms with Crippen molar-refractivity contribution in [1.82, 2.24) is 10.3 Å². The van der Waals surface area contributed by atoms with E-state index in [9.17, 15) is 4.79 Å². The Morgan fingerprint density at radius 1 is 1.14 bits per heavy atom. The van der Waals surface area contributed by atoms with Crippen molar-refractivity contribution in [1.29, 1.82) is 0 Å². The van der Waals surface area contributed by atoms with Gasteiger partial charge in [0, 0.05) is 12.7 Å². The van der Waals surface area contributed by atoms with Gasteiger partial charge in [-0.3, -0.25) is 5.32 Å². The summed E-state index contributed by atoms with van der Waals surface area (Å²) >= 11 is 0. The molecule has 0 unspecified atom stereocenters. The van der Waals surface area contributed by atoms with Crippen molar-refractivity contribution in [3.8, 4) is 5.75 Å². The second kappa shape index (κ2) is 8.02. The van der Waals surface area contributed by atoms with E-state index in [-0.39, 0.29) is 6.03 Å². The molecular formula is C17H21N3O2. The summed E-state index contributed by atoms with van der Waals surface area (Å²) < 4.78 is 5.67. The van der Waals surface area contributed by atoms with Gasteiger partial charge in [0.25, 0.3) is 0 Å². The molecule has 0 saturated carbocycles. The fraction of sp³-hybridized carbons (Fsp3) is 0.294. The fourth-order valence-electron chi connectivity index (χ4n) is 1.94. The van der Waals surface area contributed by atoms with Crippen LogP contribution in [0, 0.1) is 13.8 Å². The van der Waals surface area contributed by atoms with Crippen LogP contribution >= 0.6 is 0 Å². The first-order valence-electron chi connectivity index (χ1n) is 7.31. The van der Waals surface area contributed by atoms with Gasteiger partial charge in [-0.15, -0.1) is 0 Å². The van der Waals surface area contributed by atoms with Crippen LogP contribution in [0.5, 0.6) is 5.75 Å². The van der Waals surface area contributed by atoms with Crippen LogP contribution in [0.25, 0.3) is 0 Å². The SMILES string of the molecule is Cc1ccccc1OCCCNC(=O)Nc1ncccc1C. The number of nitrogens with zero attached hydrogens (tertiary/aromatic N) is 1. The Morgan fingerprint density at radius 3 is 2.68 bits per heavy atom. The molecule has 0 aliphatic rings. The summed E-state index contributed by atoms with van der Waals surface area (Å²) in [4.78, 5) is 15.9. The van der Waals surface area contributed by atoms with Gasteiger partial charge in [0.2, 0.25) is 0 Å². The Kier molecular flexibility index (Phi) is 5.77. The number of ether oxygens (including phenoxy) is 1. The van der Waals surface area contributed by atoms with Gasteiger partial charge in [0.15, 0.2) is 0 Å². The highest BCUT2D eigenvalue weighted by Crippen LogP contribution is 2.16. The smallest absolute Gasteiger partial charge is 0.320 e. The van der Waals surface area contributed by atoms with Crippen LogP contribution in [0.1, 0.15) is 17.5 Å². The summed E-state index contributed by atoms with van der Waals surface area (Å²) in [6.07, 6.45) is 2.39. The summed E-state index contributed by atoms with van der Waals surface area (Å²) in [6.45, 7) is 5.02. The maximum absolute atomic E-state index is 11.7. The Bertz CT molecular complexity index is 629. The van der Waals surface area contributed by atoms with Crippen molar-refractivity contribution < 1.29 is 9.53 Å². The Balaban J connectivity index is 1.65. The van der Waals surface area contributed by atoms with Crippen molar-refractivity contribution in [2.45, 2.75) is 20.3 Å². The predicted octanol–water partition coefficient (Wildman–Crippen LogP) is 3.29. The van der Waals surface area contributed by atoms with Gasteiger partial charge in [-0.2, -0.15) is 0 Å². The van der Waals surface area contributed by atoms with Gasteiger partial charge in [-0.25, -0.2) is 9.78 Å². The number of benzene rings is 1. The number of nitrogens with one attached hydrogen (secondary N) is 2. The van der Waals surface area contributed by atoms with Gasteiger partial charge >= 0.3 is 6.03 Å². The summed E-state index contributed by atoms with van der Waals surface area (Å²) in [5, 5.41) is 5.52. The molecule has 0 aliphatic heterocycles. The number of hydrogen-bond acceptors (Lipinski definition) is 3. The molecule has 2 amide bonds. The van der Waals surface area contributed by atoms with Crippen LogP contribution < -0.4 is 15.4 Å². The van der Waals surface area contributed by atoms with E-state index in [1.54, 1.807) is 6.20 Å². The third-order valence-corrected chi connectivity index (χ3v) is 3.20. The first-order chi connectivity index (χ1) is 10.7. The van der Waals surface area contributed by atoms with Crippen molar-refractivity contribution in [3.05, 3.63) is 53.7 Å². The molecule has 0 spiro atoms. The Morgan fingerprint density at radius 2 is 1.91 bits per heavy atom. The number of para-hydroxylation sites is 1. The second-order valence-electron chi connectivity index (χ2n) is 5.02. The molecule has 0 radical (unpaired) electrons. The highest BCUT2D eigenvalue weighted by atomic mass is 16.5. The highest BCUT2D eigenvalue weighted by molar-refractivity contribution is 5.88. The van der Waals surface area contributed by atoms with Gasteiger partial charge < -0.3 is 10.1 Å². The molecule has 1 aromatic heterocycles. The van der Waals surface area contributed by atoms with Crippen molar-refractivity contribution in [2.24, 2.45) is 0 Å². The van der Waals surface area contributed by atoms with Crippen LogP contribution in [0.2, 0.25) is 0 Å². The minimum Gasteiger partial charge on any atom is -0.493 e. The lowest BCUT2D eigenvalue weighted by Gasteiger charge is -2.10. The third-order valence-electron chi connectivity index (χ3n) is 3.20. The molecule has 1 heterocycles. The molecule has 22 heavy (non-hydrogen) atoms. The first kappa shape index (κ1) is 15.8. The quantitative estimate of drug-likeness (QED) is 0.805. The maximum Gasteiger partial charge on any atom is 0.320 e. The minimum atomic E-state index is -0.252. The van der Waals surface area contributed by atoms with Gasteiger partial charge in [0.05, 0.1) is 6.61 Å². The number of rotatable bonds is 6. The summed E-state index contributed by atoms with van der Waals surface area (Å²) in [5.74, 6) is 1.47. The molecule has 0 fully saturated rings. The van der Waals surface area contributed by atoms with Crippen LogP contribution in [0.3, 0.4) is 0 Å². The standard InChI is InChI=1S/C17H21N3O2/c1-13-7-3-4-9-15(13)22-12-6-11-19-17(21)20-16-14(2)8-5-10-18-16/h3-5,7-10H,6,11-12H2,1-2H3,(H2,18,19,20,21). The van der Waals surface area contributed by atoms with E-state index < -0.39 is 0 Å². The monoisotopic (exact) mass is 299 g/mol. The molecule has 0 bridgehead atoms. The molecule has 116 valence electrons. The van der Waals surface area contributed by atoms with Gasteiger partial charge in [-0.05, 0) is 43.5 Å². The van der Waals surface area contributed by atoms with Crippen LogP contribution in [-0.2, 0) is 0 Å². The van der Waals surface area contributed by atoms with E-state index >= 15 is 0 Å².